The number of allylic oxidation sites excluding steroid dienone is 2. The average Bonchev–Trinajstić information content (AvgIpc) is 3.02. The van der Waals surface area contributed by atoms with Gasteiger partial charge in [0.1, 0.15) is 0 Å². The van der Waals surface area contributed by atoms with Crippen LogP contribution in [-0.2, 0) is 9.59 Å². The standard InChI is InChI=1S/C19H24O2/c1-10-5-4-7-17(2)11(10)6-8-19-13(17)9-12-14(15(19)20)18(12,3)16(19)21/h5,11-14H,4,6-9H2,1-3H3/t11-,12+,13+,14?,17-,18+,19+/m1/s1. The summed E-state index contributed by atoms with van der Waals surface area (Å²) in [5.74, 6) is 2.10. The van der Waals surface area contributed by atoms with Gasteiger partial charge in [0, 0.05) is 11.3 Å². The topological polar surface area (TPSA) is 34.1 Å². The largest absolute Gasteiger partial charge is 0.298 e. The first-order valence-electron chi connectivity index (χ1n) is 8.64. The molecular weight excluding hydrogens is 260 g/mol. The third-order valence-electron chi connectivity index (χ3n) is 8.53. The Morgan fingerprint density at radius 2 is 1.95 bits per heavy atom. The van der Waals surface area contributed by atoms with Gasteiger partial charge in [-0.1, -0.05) is 25.5 Å². The summed E-state index contributed by atoms with van der Waals surface area (Å²) in [6.45, 7) is 6.73. The minimum absolute atomic E-state index is 0.0987. The van der Waals surface area contributed by atoms with E-state index in [0.717, 1.165) is 32.1 Å². The Morgan fingerprint density at radius 1 is 1.19 bits per heavy atom. The van der Waals surface area contributed by atoms with E-state index < -0.39 is 5.41 Å². The van der Waals surface area contributed by atoms with Gasteiger partial charge in [-0.25, -0.2) is 0 Å². The van der Waals surface area contributed by atoms with Crippen molar-refractivity contribution >= 4 is 11.6 Å². The maximum Gasteiger partial charge on any atom is 0.153 e. The highest BCUT2D eigenvalue weighted by atomic mass is 16.2. The van der Waals surface area contributed by atoms with Gasteiger partial charge in [-0.05, 0) is 62.2 Å². The number of hydrogen-bond acceptors (Lipinski definition) is 2. The van der Waals surface area contributed by atoms with Crippen molar-refractivity contribution in [1.82, 2.24) is 0 Å². The van der Waals surface area contributed by atoms with Crippen LogP contribution in [0, 0.1) is 39.9 Å². The molecule has 0 heterocycles. The Hall–Kier alpha value is -0.920. The van der Waals surface area contributed by atoms with E-state index >= 15 is 0 Å². The van der Waals surface area contributed by atoms with Gasteiger partial charge < -0.3 is 0 Å². The highest BCUT2D eigenvalue weighted by Gasteiger charge is 2.87. The molecule has 5 fully saturated rings. The molecule has 4 bridgehead atoms. The number of ketones is 2. The summed E-state index contributed by atoms with van der Waals surface area (Å²) in [7, 11) is 0. The molecular formula is C19H24O2. The minimum atomic E-state index is -0.572. The molecule has 0 saturated heterocycles. The van der Waals surface area contributed by atoms with Crippen molar-refractivity contribution < 1.29 is 9.59 Å². The third-order valence-corrected chi connectivity index (χ3v) is 8.53. The second-order valence-electron chi connectivity index (χ2n) is 8.90. The van der Waals surface area contributed by atoms with E-state index in [4.69, 9.17) is 0 Å². The number of rotatable bonds is 0. The van der Waals surface area contributed by atoms with Crippen molar-refractivity contribution in [2.75, 3.05) is 0 Å². The normalized spacial score (nSPS) is 60.2. The van der Waals surface area contributed by atoms with Crippen LogP contribution in [0.25, 0.3) is 0 Å². The molecule has 0 amide bonds. The van der Waals surface area contributed by atoms with Crippen molar-refractivity contribution in [2.24, 2.45) is 39.9 Å². The predicted octanol–water partition coefficient (Wildman–Crippen LogP) is 3.55. The lowest BCUT2D eigenvalue weighted by Gasteiger charge is -2.59. The lowest BCUT2D eigenvalue weighted by molar-refractivity contribution is -0.165. The predicted molar refractivity (Wildman–Crippen MR) is 79.5 cm³/mol. The van der Waals surface area contributed by atoms with E-state index in [1.807, 2.05) is 0 Å². The summed E-state index contributed by atoms with van der Waals surface area (Å²) in [5, 5.41) is 0. The summed E-state index contributed by atoms with van der Waals surface area (Å²) in [6.07, 6.45) is 7.69. The molecule has 7 atom stereocenters. The summed E-state index contributed by atoms with van der Waals surface area (Å²) >= 11 is 0. The van der Waals surface area contributed by atoms with Crippen LogP contribution >= 0.6 is 0 Å². The Bertz CT molecular complexity index is 631. The van der Waals surface area contributed by atoms with Gasteiger partial charge in [0.2, 0.25) is 0 Å². The Kier molecular flexibility index (Phi) is 1.93. The van der Waals surface area contributed by atoms with E-state index in [1.165, 1.54) is 5.57 Å². The molecule has 2 nitrogen and oxygen atoms in total. The molecule has 21 heavy (non-hydrogen) atoms. The molecule has 1 spiro atoms. The molecule has 6 aliphatic carbocycles. The maximum absolute atomic E-state index is 13.2. The summed E-state index contributed by atoms with van der Waals surface area (Å²) < 4.78 is 0. The second-order valence-corrected chi connectivity index (χ2v) is 8.90. The van der Waals surface area contributed by atoms with E-state index in [0.29, 0.717) is 29.3 Å². The zero-order chi connectivity index (χ0) is 14.8. The first-order chi connectivity index (χ1) is 9.88. The molecule has 0 radical (unpaired) electrons. The van der Waals surface area contributed by atoms with Crippen molar-refractivity contribution in [3.8, 4) is 0 Å². The monoisotopic (exact) mass is 284 g/mol. The van der Waals surface area contributed by atoms with Gasteiger partial charge in [-0.3, -0.25) is 9.59 Å². The van der Waals surface area contributed by atoms with Crippen molar-refractivity contribution in [2.45, 2.75) is 52.9 Å². The van der Waals surface area contributed by atoms with Crippen molar-refractivity contribution in [1.29, 1.82) is 0 Å². The quantitative estimate of drug-likeness (QED) is 0.503. The van der Waals surface area contributed by atoms with Gasteiger partial charge in [0.15, 0.2) is 11.6 Å². The van der Waals surface area contributed by atoms with Crippen molar-refractivity contribution in [3.63, 3.8) is 0 Å². The highest BCUT2D eigenvalue weighted by Crippen LogP contribution is 2.81. The lowest BCUT2D eigenvalue weighted by atomic mass is 9.42. The Morgan fingerprint density at radius 3 is 2.62 bits per heavy atom. The Balaban J connectivity index is 1.68. The SMILES string of the molecule is CC1=CCC[C@]2(C)[C@@H]1CC[C@@]13C(=O)C4[C@H](C[C@H]12)[C@]4(C)C3=O. The van der Waals surface area contributed by atoms with Crippen LogP contribution in [0.3, 0.4) is 0 Å². The van der Waals surface area contributed by atoms with Crippen LogP contribution in [0.4, 0.5) is 0 Å². The molecule has 5 saturated carbocycles. The number of carbonyl (C=O) groups excluding carboxylic acids is 2. The first kappa shape index (κ1) is 12.6. The van der Waals surface area contributed by atoms with Gasteiger partial charge in [0.25, 0.3) is 0 Å². The van der Waals surface area contributed by atoms with Crippen LogP contribution in [0.5, 0.6) is 0 Å². The van der Waals surface area contributed by atoms with E-state index in [9.17, 15) is 9.59 Å². The first-order valence-corrected chi connectivity index (χ1v) is 8.64. The van der Waals surface area contributed by atoms with Gasteiger partial charge in [0.05, 0.1) is 5.41 Å². The molecule has 2 heteroatoms. The highest BCUT2D eigenvalue weighted by molar-refractivity contribution is 6.22. The summed E-state index contributed by atoms with van der Waals surface area (Å²) in [4.78, 5) is 26.2. The van der Waals surface area contributed by atoms with Crippen LogP contribution in [0.15, 0.2) is 11.6 Å². The van der Waals surface area contributed by atoms with Crippen LogP contribution in [-0.4, -0.2) is 11.6 Å². The van der Waals surface area contributed by atoms with Crippen LogP contribution < -0.4 is 0 Å². The van der Waals surface area contributed by atoms with Crippen LogP contribution in [0.2, 0.25) is 0 Å². The number of carbonyl (C=O) groups is 2. The zero-order valence-electron chi connectivity index (χ0n) is 13.2. The summed E-state index contributed by atoms with van der Waals surface area (Å²) in [6, 6.07) is 0. The fourth-order valence-electron chi connectivity index (χ4n) is 7.44. The molecule has 6 aliphatic rings. The van der Waals surface area contributed by atoms with Gasteiger partial charge >= 0.3 is 0 Å². The van der Waals surface area contributed by atoms with E-state index in [2.05, 4.69) is 26.8 Å². The minimum Gasteiger partial charge on any atom is -0.298 e. The molecule has 6 rings (SSSR count). The number of fused-ring (bicyclic) bond motifs is 1. The van der Waals surface area contributed by atoms with E-state index in [-0.39, 0.29) is 16.7 Å². The van der Waals surface area contributed by atoms with Crippen molar-refractivity contribution in [3.05, 3.63) is 11.6 Å². The molecule has 112 valence electrons. The van der Waals surface area contributed by atoms with Crippen LogP contribution in [0.1, 0.15) is 52.9 Å². The Labute approximate surface area is 126 Å². The molecule has 0 aromatic rings. The molecule has 0 aliphatic heterocycles. The lowest BCUT2D eigenvalue weighted by Crippen LogP contribution is -2.60. The zero-order valence-corrected chi connectivity index (χ0v) is 13.2. The van der Waals surface area contributed by atoms with Gasteiger partial charge in [-0.2, -0.15) is 0 Å². The van der Waals surface area contributed by atoms with Gasteiger partial charge in [-0.15, -0.1) is 0 Å². The fraction of sp³-hybridized carbons (Fsp3) is 0.789. The fourth-order valence-corrected chi connectivity index (χ4v) is 7.44. The molecule has 0 aromatic carbocycles. The number of hydrogen-bond donors (Lipinski definition) is 0. The maximum atomic E-state index is 13.2. The smallest absolute Gasteiger partial charge is 0.153 e. The molecule has 0 N–H and O–H groups in total. The molecule has 1 unspecified atom stereocenters. The molecule has 0 aromatic heterocycles. The van der Waals surface area contributed by atoms with E-state index in [1.54, 1.807) is 0 Å². The average molecular weight is 284 g/mol. The summed E-state index contributed by atoms with van der Waals surface area (Å²) in [5.41, 5.74) is 0.864. The second kappa shape index (κ2) is 3.21. The number of Topliss-reactive ketones (excluding diaryl/α,β-unsaturated/α-hetero) is 2. The third kappa shape index (κ3) is 1.01.